The molecule has 0 unspecified atom stereocenters. The molecule has 0 fully saturated rings. The number of rotatable bonds is 6. The number of hydrogen-bond acceptors (Lipinski definition) is 3. The lowest BCUT2D eigenvalue weighted by Gasteiger charge is -2.22. The van der Waals surface area contributed by atoms with Crippen LogP contribution in [0, 0.1) is 5.92 Å². The van der Waals surface area contributed by atoms with Crippen molar-refractivity contribution in [1.29, 1.82) is 0 Å². The highest BCUT2D eigenvalue weighted by atomic mass is 15.2. The zero-order valence-electron chi connectivity index (χ0n) is 13.3. The van der Waals surface area contributed by atoms with Gasteiger partial charge in [-0.1, -0.05) is 13.8 Å². The fourth-order valence-corrected chi connectivity index (χ4v) is 1.71. The van der Waals surface area contributed by atoms with Crippen LogP contribution < -0.4 is 10.2 Å². The van der Waals surface area contributed by atoms with Crippen LogP contribution in [0.25, 0.3) is 0 Å². The summed E-state index contributed by atoms with van der Waals surface area (Å²) in [4.78, 5) is 6.70. The molecule has 19 heavy (non-hydrogen) atoms. The summed E-state index contributed by atoms with van der Waals surface area (Å²) < 4.78 is 0. The van der Waals surface area contributed by atoms with Gasteiger partial charge in [0.05, 0.1) is 0 Å². The second kappa shape index (κ2) is 6.90. The van der Waals surface area contributed by atoms with E-state index in [2.05, 4.69) is 69.0 Å². The molecule has 1 N–H and O–H groups in total. The molecule has 0 aliphatic carbocycles. The van der Waals surface area contributed by atoms with E-state index in [4.69, 9.17) is 0 Å². The van der Waals surface area contributed by atoms with E-state index < -0.39 is 0 Å². The fraction of sp³-hybridized carbons (Fsp3) is 0.688. The summed E-state index contributed by atoms with van der Waals surface area (Å²) in [6, 6.07) is 4.26. The van der Waals surface area contributed by atoms with Crippen LogP contribution in [0.15, 0.2) is 18.3 Å². The number of nitrogens with zero attached hydrogens (tertiary/aromatic N) is 2. The third-order valence-corrected chi connectivity index (χ3v) is 3.07. The van der Waals surface area contributed by atoms with Gasteiger partial charge in [0.2, 0.25) is 0 Å². The smallest absolute Gasteiger partial charge is 0.128 e. The van der Waals surface area contributed by atoms with E-state index in [1.165, 1.54) is 12.0 Å². The molecule has 3 heteroatoms. The first kappa shape index (κ1) is 16.0. The van der Waals surface area contributed by atoms with Gasteiger partial charge in [0.25, 0.3) is 0 Å². The van der Waals surface area contributed by atoms with Gasteiger partial charge in [-0.2, -0.15) is 0 Å². The minimum absolute atomic E-state index is 0.146. The molecule has 0 aliphatic heterocycles. The number of pyridine rings is 1. The Morgan fingerprint density at radius 2 is 2.00 bits per heavy atom. The van der Waals surface area contributed by atoms with Crippen molar-refractivity contribution in [3.8, 4) is 0 Å². The van der Waals surface area contributed by atoms with Crippen molar-refractivity contribution in [3.63, 3.8) is 0 Å². The fourth-order valence-electron chi connectivity index (χ4n) is 1.71. The molecule has 0 aliphatic rings. The molecule has 1 rings (SSSR count). The van der Waals surface area contributed by atoms with Gasteiger partial charge in [-0.15, -0.1) is 0 Å². The Morgan fingerprint density at radius 3 is 2.58 bits per heavy atom. The van der Waals surface area contributed by atoms with E-state index in [1.807, 2.05) is 6.20 Å². The molecule has 0 saturated carbocycles. The molecule has 3 nitrogen and oxygen atoms in total. The second-order valence-electron chi connectivity index (χ2n) is 6.73. The third-order valence-electron chi connectivity index (χ3n) is 3.07. The number of nitrogens with one attached hydrogen (secondary N) is 1. The van der Waals surface area contributed by atoms with Crippen LogP contribution in [-0.4, -0.2) is 24.1 Å². The molecule has 1 heterocycles. The number of aromatic nitrogens is 1. The van der Waals surface area contributed by atoms with Gasteiger partial charge in [-0.3, -0.25) is 0 Å². The van der Waals surface area contributed by atoms with E-state index in [1.54, 1.807) is 0 Å². The molecule has 0 atom stereocenters. The lowest BCUT2D eigenvalue weighted by Crippen LogP contribution is -2.35. The molecule has 0 aromatic carbocycles. The zero-order chi connectivity index (χ0) is 14.5. The molecular weight excluding hydrogens is 234 g/mol. The number of anilines is 1. The Labute approximate surface area is 118 Å². The van der Waals surface area contributed by atoms with Crippen molar-refractivity contribution in [2.24, 2.45) is 5.92 Å². The summed E-state index contributed by atoms with van der Waals surface area (Å²) >= 11 is 0. The quantitative estimate of drug-likeness (QED) is 0.852. The molecule has 0 bridgehead atoms. The first-order chi connectivity index (χ1) is 8.78. The van der Waals surface area contributed by atoms with Crippen molar-refractivity contribution < 1.29 is 0 Å². The van der Waals surface area contributed by atoms with Crippen LogP contribution in [0.1, 0.15) is 46.6 Å². The third kappa shape index (κ3) is 6.58. The Balaban J connectivity index is 2.60. The molecule has 0 amide bonds. The first-order valence-corrected chi connectivity index (χ1v) is 7.19. The van der Waals surface area contributed by atoms with Crippen LogP contribution in [0.2, 0.25) is 0 Å². The van der Waals surface area contributed by atoms with Crippen molar-refractivity contribution in [2.45, 2.75) is 53.1 Å². The minimum atomic E-state index is 0.146. The van der Waals surface area contributed by atoms with Gasteiger partial charge in [-0.05, 0) is 50.8 Å². The highest BCUT2D eigenvalue weighted by Crippen LogP contribution is 2.13. The lowest BCUT2D eigenvalue weighted by atomic mass is 10.1. The van der Waals surface area contributed by atoms with Crippen molar-refractivity contribution in [2.75, 3.05) is 18.5 Å². The average Bonchev–Trinajstić information content (AvgIpc) is 2.33. The summed E-state index contributed by atoms with van der Waals surface area (Å²) in [6.45, 7) is 13.0. The van der Waals surface area contributed by atoms with E-state index in [0.717, 1.165) is 24.8 Å². The first-order valence-electron chi connectivity index (χ1n) is 7.19. The van der Waals surface area contributed by atoms with Crippen LogP contribution in [-0.2, 0) is 6.54 Å². The van der Waals surface area contributed by atoms with Gasteiger partial charge in [0.15, 0.2) is 0 Å². The molecule has 0 saturated heterocycles. The maximum atomic E-state index is 4.46. The van der Waals surface area contributed by atoms with Crippen molar-refractivity contribution >= 4 is 5.82 Å². The van der Waals surface area contributed by atoms with Crippen LogP contribution in [0.3, 0.4) is 0 Å². The molecule has 1 aromatic heterocycles. The van der Waals surface area contributed by atoms with Crippen LogP contribution >= 0.6 is 0 Å². The predicted octanol–water partition coefficient (Wildman–Crippen LogP) is 3.45. The van der Waals surface area contributed by atoms with Crippen LogP contribution in [0.5, 0.6) is 0 Å². The Morgan fingerprint density at radius 1 is 1.32 bits per heavy atom. The van der Waals surface area contributed by atoms with Crippen molar-refractivity contribution in [3.05, 3.63) is 23.9 Å². The average molecular weight is 263 g/mol. The SMILES string of the molecule is CC(C)CCN(C)c1cc(CNC(C)(C)C)ccn1. The van der Waals surface area contributed by atoms with Gasteiger partial charge >= 0.3 is 0 Å². The minimum Gasteiger partial charge on any atom is -0.360 e. The lowest BCUT2D eigenvalue weighted by molar-refractivity contribution is 0.424. The molecule has 1 aromatic rings. The van der Waals surface area contributed by atoms with E-state index >= 15 is 0 Å². The molecule has 0 radical (unpaired) electrons. The second-order valence-corrected chi connectivity index (χ2v) is 6.73. The molecule has 0 spiro atoms. The van der Waals surface area contributed by atoms with E-state index in [9.17, 15) is 0 Å². The summed E-state index contributed by atoms with van der Waals surface area (Å²) in [5, 5.41) is 3.51. The number of hydrogen-bond donors (Lipinski definition) is 1. The normalized spacial score (nSPS) is 11.9. The maximum Gasteiger partial charge on any atom is 0.128 e. The largest absolute Gasteiger partial charge is 0.360 e. The van der Waals surface area contributed by atoms with Gasteiger partial charge in [0, 0.05) is 31.9 Å². The van der Waals surface area contributed by atoms with Gasteiger partial charge in [-0.25, -0.2) is 4.98 Å². The molecular formula is C16H29N3. The van der Waals surface area contributed by atoms with E-state index in [0.29, 0.717) is 0 Å². The summed E-state index contributed by atoms with van der Waals surface area (Å²) in [7, 11) is 2.12. The Bertz CT molecular complexity index is 380. The highest BCUT2D eigenvalue weighted by Gasteiger charge is 2.09. The predicted molar refractivity (Wildman–Crippen MR) is 83.6 cm³/mol. The highest BCUT2D eigenvalue weighted by molar-refractivity contribution is 5.40. The standard InChI is InChI=1S/C16H29N3/c1-13(2)8-10-19(6)15-11-14(7-9-17-15)12-18-16(3,4)5/h7,9,11,13,18H,8,10,12H2,1-6H3. The summed E-state index contributed by atoms with van der Waals surface area (Å²) in [5.41, 5.74) is 1.43. The monoisotopic (exact) mass is 263 g/mol. The van der Waals surface area contributed by atoms with Gasteiger partial charge in [0.1, 0.15) is 5.82 Å². The zero-order valence-corrected chi connectivity index (χ0v) is 13.3. The van der Waals surface area contributed by atoms with E-state index in [-0.39, 0.29) is 5.54 Å². The van der Waals surface area contributed by atoms with Crippen LogP contribution in [0.4, 0.5) is 5.82 Å². The summed E-state index contributed by atoms with van der Waals surface area (Å²) in [6.07, 6.45) is 3.10. The Kier molecular flexibility index (Phi) is 5.80. The molecule has 108 valence electrons. The van der Waals surface area contributed by atoms with Gasteiger partial charge < -0.3 is 10.2 Å². The van der Waals surface area contributed by atoms with Crippen molar-refractivity contribution in [1.82, 2.24) is 10.3 Å². The topological polar surface area (TPSA) is 28.2 Å². The Hall–Kier alpha value is -1.09. The maximum absolute atomic E-state index is 4.46. The summed E-state index contributed by atoms with van der Waals surface area (Å²) in [5.74, 6) is 1.79.